The van der Waals surface area contributed by atoms with E-state index >= 15 is 0 Å². The van der Waals surface area contributed by atoms with Crippen LogP contribution in [0.5, 0.6) is 0 Å². The lowest BCUT2D eigenvalue weighted by Crippen LogP contribution is -2.37. The molecule has 0 atom stereocenters. The average molecular weight is 522 g/mol. The minimum atomic E-state index is -0.308. The fourth-order valence-electron chi connectivity index (χ4n) is 4.93. The standard InChI is InChI=1S/C28H28ClN3O3S/c1-2-20-7-6-8-23-21(17-31(26(20)23)18-25(33)30-13-4-3-5-14-30)15-24-27(34)32(28(35)36-24)16-19-9-11-22(29)12-10-19/h6-12,15,17H,2-5,13-14,16,18H2,1H3/b24-15-. The van der Waals surface area contributed by atoms with Crippen LogP contribution in [-0.2, 0) is 29.1 Å². The van der Waals surface area contributed by atoms with Gasteiger partial charge in [-0.25, -0.2) is 0 Å². The number of piperidine rings is 1. The maximum Gasteiger partial charge on any atom is 0.293 e. The number of hydrogen-bond donors (Lipinski definition) is 0. The molecule has 2 saturated heterocycles. The van der Waals surface area contributed by atoms with Gasteiger partial charge in [0.1, 0.15) is 6.54 Å². The Hall–Kier alpha value is -3.03. The van der Waals surface area contributed by atoms with E-state index in [2.05, 4.69) is 13.0 Å². The maximum atomic E-state index is 13.2. The molecule has 0 aliphatic carbocycles. The molecule has 2 aromatic carbocycles. The summed E-state index contributed by atoms with van der Waals surface area (Å²) in [5.41, 5.74) is 3.83. The van der Waals surface area contributed by atoms with Crippen LogP contribution in [0.25, 0.3) is 17.0 Å². The second kappa shape index (κ2) is 10.5. The first-order valence-corrected chi connectivity index (χ1v) is 13.5. The number of rotatable bonds is 6. The van der Waals surface area contributed by atoms with Gasteiger partial charge in [0.25, 0.3) is 11.1 Å². The third-order valence-electron chi connectivity index (χ3n) is 6.82. The van der Waals surface area contributed by atoms with Gasteiger partial charge in [-0.15, -0.1) is 0 Å². The first-order chi connectivity index (χ1) is 17.4. The number of carbonyl (C=O) groups is 3. The molecular weight excluding hydrogens is 494 g/mol. The molecule has 6 nitrogen and oxygen atoms in total. The van der Waals surface area contributed by atoms with E-state index < -0.39 is 0 Å². The molecule has 0 radical (unpaired) electrons. The van der Waals surface area contributed by atoms with Crippen molar-refractivity contribution in [2.75, 3.05) is 13.1 Å². The highest BCUT2D eigenvalue weighted by Crippen LogP contribution is 2.36. The molecule has 5 rings (SSSR count). The number of aryl methyl sites for hydroxylation is 1. The third kappa shape index (κ3) is 4.95. The molecule has 0 spiro atoms. The van der Waals surface area contributed by atoms with Gasteiger partial charge < -0.3 is 9.47 Å². The highest BCUT2D eigenvalue weighted by atomic mass is 35.5. The van der Waals surface area contributed by atoms with Crippen LogP contribution < -0.4 is 0 Å². The zero-order chi connectivity index (χ0) is 25.2. The summed E-state index contributed by atoms with van der Waals surface area (Å²) < 4.78 is 2.01. The molecule has 1 aromatic heterocycles. The van der Waals surface area contributed by atoms with Gasteiger partial charge in [-0.1, -0.05) is 48.9 Å². The normalized spacial score (nSPS) is 17.6. The minimum Gasteiger partial charge on any atom is -0.341 e. The van der Waals surface area contributed by atoms with Crippen LogP contribution in [0.3, 0.4) is 0 Å². The van der Waals surface area contributed by atoms with Crippen molar-refractivity contribution in [3.8, 4) is 0 Å². The van der Waals surface area contributed by atoms with Crippen molar-refractivity contribution in [1.82, 2.24) is 14.4 Å². The Kier molecular flexibility index (Phi) is 7.21. The Bertz CT molecular complexity index is 1360. The second-order valence-electron chi connectivity index (χ2n) is 9.21. The fourth-order valence-corrected chi connectivity index (χ4v) is 5.88. The monoisotopic (exact) mass is 521 g/mol. The number of aromatic nitrogens is 1. The van der Waals surface area contributed by atoms with Crippen molar-refractivity contribution in [1.29, 1.82) is 0 Å². The summed E-state index contributed by atoms with van der Waals surface area (Å²) >= 11 is 6.91. The van der Waals surface area contributed by atoms with Gasteiger partial charge in [0.05, 0.1) is 17.0 Å². The lowest BCUT2D eigenvalue weighted by molar-refractivity contribution is -0.132. The molecule has 3 aromatic rings. The predicted molar refractivity (Wildman–Crippen MR) is 145 cm³/mol. The van der Waals surface area contributed by atoms with Gasteiger partial charge in [-0.05, 0) is 66.8 Å². The number of fused-ring (bicyclic) bond motifs is 1. The van der Waals surface area contributed by atoms with Crippen LogP contribution in [0.4, 0.5) is 4.79 Å². The molecule has 3 amide bonds. The molecule has 0 unspecified atom stereocenters. The minimum absolute atomic E-state index is 0.118. The summed E-state index contributed by atoms with van der Waals surface area (Å²) in [6.45, 7) is 4.18. The van der Waals surface area contributed by atoms with Crippen molar-refractivity contribution in [2.45, 2.75) is 45.7 Å². The molecule has 3 heterocycles. The Labute approximate surface area is 219 Å². The van der Waals surface area contributed by atoms with Crippen LogP contribution in [0, 0.1) is 0 Å². The molecule has 186 valence electrons. The molecule has 8 heteroatoms. The zero-order valence-corrected chi connectivity index (χ0v) is 21.8. The van der Waals surface area contributed by atoms with Crippen LogP contribution in [0.2, 0.25) is 5.02 Å². The smallest absolute Gasteiger partial charge is 0.293 e. The molecule has 36 heavy (non-hydrogen) atoms. The van der Waals surface area contributed by atoms with E-state index in [-0.39, 0.29) is 30.1 Å². The van der Waals surface area contributed by atoms with Gasteiger partial charge in [0.15, 0.2) is 0 Å². The number of para-hydroxylation sites is 1. The van der Waals surface area contributed by atoms with Gasteiger partial charge in [0.2, 0.25) is 5.91 Å². The van der Waals surface area contributed by atoms with Crippen molar-refractivity contribution in [3.63, 3.8) is 0 Å². The van der Waals surface area contributed by atoms with E-state index in [4.69, 9.17) is 11.6 Å². The highest BCUT2D eigenvalue weighted by Gasteiger charge is 2.35. The predicted octanol–water partition coefficient (Wildman–Crippen LogP) is 6.11. The molecule has 0 bridgehead atoms. The number of thioether (sulfide) groups is 1. The Balaban J connectivity index is 1.45. The van der Waals surface area contributed by atoms with Crippen molar-refractivity contribution in [3.05, 3.63) is 75.3 Å². The number of hydrogen-bond acceptors (Lipinski definition) is 4. The van der Waals surface area contributed by atoms with Gasteiger partial charge in [-0.2, -0.15) is 0 Å². The quantitative estimate of drug-likeness (QED) is 0.367. The summed E-state index contributed by atoms with van der Waals surface area (Å²) in [7, 11) is 0. The van der Waals surface area contributed by atoms with Gasteiger partial charge in [0, 0.05) is 35.3 Å². The van der Waals surface area contributed by atoms with Crippen molar-refractivity contribution >= 4 is 57.4 Å². The lowest BCUT2D eigenvalue weighted by atomic mass is 10.1. The van der Waals surface area contributed by atoms with E-state index in [1.807, 2.05) is 39.9 Å². The summed E-state index contributed by atoms with van der Waals surface area (Å²) in [4.78, 5) is 42.5. The van der Waals surface area contributed by atoms with Gasteiger partial charge >= 0.3 is 0 Å². The van der Waals surface area contributed by atoms with Gasteiger partial charge in [-0.3, -0.25) is 19.3 Å². The molecule has 0 saturated carbocycles. The van der Waals surface area contributed by atoms with Crippen LogP contribution in [0.15, 0.2) is 53.6 Å². The third-order valence-corrected chi connectivity index (χ3v) is 7.98. The van der Waals surface area contributed by atoms with E-state index in [1.54, 1.807) is 18.2 Å². The van der Waals surface area contributed by atoms with Crippen LogP contribution in [0.1, 0.15) is 42.9 Å². The lowest BCUT2D eigenvalue weighted by Gasteiger charge is -2.27. The topological polar surface area (TPSA) is 62.6 Å². The molecule has 2 fully saturated rings. The summed E-state index contributed by atoms with van der Waals surface area (Å²) in [6, 6.07) is 13.2. The second-order valence-corrected chi connectivity index (χ2v) is 10.6. The molecule has 0 N–H and O–H groups in total. The highest BCUT2D eigenvalue weighted by molar-refractivity contribution is 8.18. The fraction of sp³-hybridized carbons (Fsp3) is 0.321. The number of nitrogens with zero attached hydrogens (tertiary/aromatic N) is 3. The number of benzene rings is 2. The molecular formula is C28H28ClN3O3S. The number of halogens is 1. The summed E-state index contributed by atoms with van der Waals surface area (Å²) in [6.07, 6.45) is 7.84. The van der Waals surface area contributed by atoms with E-state index in [0.29, 0.717) is 9.93 Å². The summed E-state index contributed by atoms with van der Waals surface area (Å²) in [5.74, 6) is -0.191. The van der Waals surface area contributed by atoms with Crippen LogP contribution in [-0.4, -0.2) is 44.5 Å². The Morgan fingerprint density at radius 2 is 1.81 bits per heavy atom. The van der Waals surface area contributed by atoms with Crippen molar-refractivity contribution < 1.29 is 14.4 Å². The SMILES string of the molecule is CCc1cccc2c(/C=C3\SC(=O)N(Cc4ccc(Cl)cc4)C3=O)cn(CC(=O)N3CCCCC3)c12. The largest absolute Gasteiger partial charge is 0.341 e. The number of likely N-dealkylation sites (tertiary alicyclic amines) is 1. The first kappa shape index (κ1) is 24.7. The maximum absolute atomic E-state index is 13.2. The van der Waals surface area contributed by atoms with Crippen LogP contribution >= 0.6 is 23.4 Å². The Morgan fingerprint density at radius 3 is 2.53 bits per heavy atom. The zero-order valence-electron chi connectivity index (χ0n) is 20.2. The molecule has 2 aliphatic rings. The van der Waals surface area contributed by atoms with Crippen molar-refractivity contribution in [2.24, 2.45) is 0 Å². The number of imide groups is 1. The summed E-state index contributed by atoms with van der Waals surface area (Å²) in [5, 5.41) is 1.29. The number of carbonyl (C=O) groups excluding carboxylic acids is 3. The van der Waals surface area contributed by atoms with E-state index in [0.717, 1.165) is 71.7 Å². The number of amides is 3. The Morgan fingerprint density at radius 1 is 1.06 bits per heavy atom. The first-order valence-electron chi connectivity index (χ1n) is 12.3. The average Bonchev–Trinajstić information content (AvgIpc) is 3.37. The van der Waals surface area contributed by atoms with E-state index in [1.165, 1.54) is 11.3 Å². The molecule has 2 aliphatic heterocycles. The van der Waals surface area contributed by atoms with E-state index in [9.17, 15) is 14.4 Å².